The first-order valence-corrected chi connectivity index (χ1v) is 9.64. The first-order chi connectivity index (χ1) is 13.7. The Bertz CT molecular complexity index is 645. The van der Waals surface area contributed by atoms with E-state index in [4.69, 9.17) is 18.9 Å². The second-order valence-corrected chi connectivity index (χ2v) is 6.36. The number of aliphatic imine (C=N–C) groups is 1. The largest absolute Gasteiger partial charge is 0.496 e. The molecule has 1 saturated heterocycles. The lowest BCUT2D eigenvalue weighted by atomic mass is 10.1. The lowest BCUT2D eigenvalue weighted by Gasteiger charge is -2.13. The van der Waals surface area contributed by atoms with Gasteiger partial charge in [0.15, 0.2) is 5.96 Å². The van der Waals surface area contributed by atoms with Crippen LogP contribution in [-0.2, 0) is 20.8 Å². The Balaban J connectivity index is 1.86. The number of benzene rings is 1. The van der Waals surface area contributed by atoms with Gasteiger partial charge in [0, 0.05) is 26.3 Å². The Morgan fingerprint density at radius 2 is 2.18 bits per heavy atom. The highest BCUT2D eigenvalue weighted by Crippen LogP contribution is 2.21. The lowest BCUT2D eigenvalue weighted by molar-refractivity contribution is 0.0420. The first kappa shape index (κ1) is 22.0. The predicted molar refractivity (Wildman–Crippen MR) is 107 cm³/mol. The number of hydrogen-bond acceptors (Lipinski definition) is 6. The van der Waals surface area contributed by atoms with Crippen LogP contribution in [0.1, 0.15) is 35.7 Å². The van der Waals surface area contributed by atoms with Crippen LogP contribution in [0.25, 0.3) is 0 Å². The minimum atomic E-state index is -0.430. The van der Waals surface area contributed by atoms with E-state index in [1.807, 2.05) is 13.0 Å². The van der Waals surface area contributed by atoms with Crippen LogP contribution in [0.15, 0.2) is 23.2 Å². The van der Waals surface area contributed by atoms with Gasteiger partial charge >= 0.3 is 5.97 Å². The van der Waals surface area contributed by atoms with E-state index in [0.29, 0.717) is 31.1 Å². The number of carbonyl (C=O) groups excluding carboxylic acids is 1. The molecule has 0 aliphatic carbocycles. The smallest absolute Gasteiger partial charge is 0.341 e. The third kappa shape index (κ3) is 7.01. The van der Waals surface area contributed by atoms with E-state index >= 15 is 0 Å². The minimum Gasteiger partial charge on any atom is -0.496 e. The molecule has 156 valence electrons. The van der Waals surface area contributed by atoms with Crippen LogP contribution in [0.4, 0.5) is 0 Å². The fraction of sp³-hybridized carbons (Fsp3) is 0.600. The standard InChI is InChI=1S/C20H31N3O5/c1-4-21-20(22-9-5-10-28-16-8-11-27-14-16)23-13-15-6-7-18(25-2)17(12-15)19(24)26-3/h6-7,12,16H,4-5,8-11,13-14H2,1-3H3,(H2,21,22,23). The number of carbonyl (C=O) groups is 1. The molecule has 0 aromatic heterocycles. The number of hydrogen-bond donors (Lipinski definition) is 2. The average molecular weight is 393 g/mol. The van der Waals surface area contributed by atoms with Crippen LogP contribution >= 0.6 is 0 Å². The van der Waals surface area contributed by atoms with Crippen LogP contribution in [0.3, 0.4) is 0 Å². The topological polar surface area (TPSA) is 90.4 Å². The monoisotopic (exact) mass is 393 g/mol. The van der Waals surface area contributed by atoms with Gasteiger partial charge in [0.25, 0.3) is 0 Å². The molecule has 1 aromatic carbocycles. The quantitative estimate of drug-likeness (QED) is 0.271. The van der Waals surface area contributed by atoms with Crippen molar-refractivity contribution in [2.75, 3.05) is 47.1 Å². The van der Waals surface area contributed by atoms with Gasteiger partial charge in [-0.1, -0.05) is 6.07 Å². The number of ether oxygens (including phenoxy) is 4. The molecule has 1 aromatic rings. The van der Waals surface area contributed by atoms with Gasteiger partial charge in [-0.25, -0.2) is 9.79 Å². The molecule has 0 saturated carbocycles. The van der Waals surface area contributed by atoms with E-state index in [2.05, 4.69) is 15.6 Å². The molecule has 8 heteroatoms. The zero-order valence-corrected chi connectivity index (χ0v) is 17.0. The molecule has 1 heterocycles. The molecule has 1 aliphatic heterocycles. The molecule has 2 N–H and O–H groups in total. The van der Waals surface area contributed by atoms with Gasteiger partial charge in [-0.15, -0.1) is 0 Å². The first-order valence-electron chi connectivity index (χ1n) is 9.64. The van der Waals surface area contributed by atoms with Gasteiger partial charge in [0.1, 0.15) is 11.3 Å². The number of rotatable bonds is 10. The van der Waals surface area contributed by atoms with Crippen molar-refractivity contribution < 1.29 is 23.7 Å². The number of guanidine groups is 1. The lowest BCUT2D eigenvalue weighted by Crippen LogP contribution is -2.38. The number of nitrogens with zero attached hydrogens (tertiary/aromatic N) is 1. The van der Waals surface area contributed by atoms with Crippen molar-refractivity contribution in [2.24, 2.45) is 4.99 Å². The average Bonchev–Trinajstić information content (AvgIpc) is 3.24. The van der Waals surface area contributed by atoms with Crippen molar-refractivity contribution in [1.82, 2.24) is 10.6 Å². The molecule has 1 fully saturated rings. The van der Waals surface area contributed by atoms with Crippen molar-refractivity contribution in [3.63, 3.8) is 0 Å². The fourth-order valence-electron chi connectivity index (χ4n) is 2.81. The molecule has 0 radical (unpaired) electrons. The number of esters is 1. The molecule has 0 amide bonds. The second kappa shape index (κ2) is 12.2. The van der Waals surface area contributed by atoms with Crippen LogP contribution in [0.5, 0.6) is 5.75 Å². The molecular weight excluding hydrogens is 362 g/mol. The molecule has 1 unspecified atom stereocenters. The summed E-state index contributed by atoms with van der Waals surface area (Å²) in [5.74, 6) is 0.778. The van der Waals surface area contributed by atoms with Gasteiger partial charge < -0.3 is 29.6 Å². The molecule has 0 spiro atoms. The molecule has 8 nitrogen and oxygen atoms in total. The summed E-state index contributed by atoms with van der Waals surface area (Å²) in [6, 6.07) is 5.38. The maximum atomic E-state index is 11.9. The summed E-state index contributed by atoms with van der Waals surface area (Å²) >= 11 is 0. The maximum absolute atomic E-state index is 11.9. The SMILES string of the molecule is CCNC(=NCc1ccc(OC)c(C(=O)OC)c1)NCCCOC1CCOC1. The van der Waals surface area contributed by atoms with Crippen LogP contribution in [0, 0.1) is 0 Å². The molecular formula is C20H31N3O5. The highest BCUT2D eigenvalue weighted by molar-refractivity contribution is 5.92. The third-order valence-electron chi connectivity index (χ3n) is 4.29. The molecule has 0 bridgehead atoms. The van der Waals surface area contributed by atoms with E-state index in [1.165, 1.54) is 14.2 Å². The van der Waals surface area contributed by atoms with Gasteiger partial charge in [-0.2, -0.15) is 0 Å². The molecule has 1 aliphatic rings. The summed E-state index contributed by atoms with van der Waals surface area (Å²) in [5, 5.41) is 6.52. The highest BCUT2D eigenvalue weighted by atomic mass is 16.5. The van der Waals surface area contributed by atoms with Gasteiger partial charge in [0.2, 0.25) is 0 Å². The summed E-state index contributed by atoms with van der Waals surface area (Å²) in [5.41, 5.74) is 1.28. The second-order valence-electron chi connectivity index (χ2n) is 6.36. The van der Waals surface area contributed by atoms with E-state index in [-0.39, 0.29) is 6.10 Å². The Hall–Kier alpha value is -2.32. The summed E-state index contributed by atoms with van der Waals surface area (Å²) in [7, 11) is 2.87. The van der Waals surface area contributed by atoms with Gasteiger partial charge in [-0.05, 0) is 37.5 Å². The van der Waals surface area contributed by atoms with Crippen LogP contribution in [0.2, 0.25) is 0 Å². The minimum absolute atomic E-state index is 0.237. The number of nitrogens with one attached hydrogen (secondary N) is 2. The summed E-state index contributed by atoms with van der Waals surface area (Å²) in [6.45, 7) is 6.16. The van der Waals surface area contributed by atoms with Crippen LogP contribution < -0.4 is 15.4 Å². The van der Waals surface area contributed by atoms with Crippen molar-refractivity contribution in [3.05, 3.63) is 29.3 Å². The zero-order valence-electron chi connectivity index (χ0n) is 17.0. The van der Waals surface area contributed by atoms with E-state index < -0.39 is 5.97 Å². The van der Waals surface area contributed by atoms with Crippen molar-refractivity contribution in [2.45, 2.75) is 32.4 Å². The van der Waals surface area contributed by atoms with E-state index in [1.54, 1.807) is 12.1 Å². The Kier molecular flexibility index (Phi) is 9.57. The summed E-state index contributed by atoms with van der Waals surface area (Å²) in [4.78, 5) is 16.5. The van der Waals surface area contributed by atoms with Gasteiger partial charge in [0.05, 0.1) is 33.5 Å². The van der Waals surface area contributed by atoms with Crippen molar-refractivity contribution >= 4 is 11.9 Å². The Morgan fingerprint density at radius 3 is 2.86 bits per heavy atom. The highest BCUT2D eigenvalue weighted by Gasteiger charge is 2.15. The molecule has 2 rings (SSSR count). The predicted octanol–water partition coefficient (Wildman–Crippen LogP) is 1.73. The summed E-state index contributed by atoms with van der Waals surface area (Å²) in [6.07, 6.45) is 2.10. The van der Waals surface area contributed by atoms with Crippen LogP contribution in [-0.4, -0.2) is 65.2 Å². The Morgan fingerprint density at radius 1 is 1.32 bits per heavy atom. The summed E-state index contributed by atoms with van der Waals surface area (Å²) < 4.78 is 21.1. The molecule has 28 heavy (non-hydrogen) atoms. The zero-order chi connectivity index (χ0) is 20.2. The normalized spacial score (nSPS) is 16.7. The Labute approximate surface area is 166 Å². The molecule has 1 atom stereocenters. The third-order valence-corrected chi connectivity index (χ3v) is 4.29. The maximum Gasteiger partial charge on any atom is 0.341 e. The van der Waals surface area contributed by atoms with Gasteiger partial charge in [-0.3, -0.25) is 0 Å². The van der Waals surface area contributed by atoms with Crippen molar-refractivity contribution in [3.8, 4) is 5.75 Å². The fourth-order valence-corrected chi connectivity index (χ4v) is 2.81. The van der Waals surface area contributed by atoms with E-state index in [9.17, 15) is 4.79 Å². The van der Waals surface area contributed by atoms with Crippen molar-refractivity contribution in [1.29, 1.82) is 0 Å². The van der Waals surface area contributed by atoms with E-state index in [0.717, 1.165) is 44.1 Å². The number of methoxy groups -OCH3 is 2.